The molecule has 1 saturated heterocycles. The molecule has 1 amide bonds. The zero-order valence-corrected chi connectivity index (χ0v) is 11.0. The fraction of sp³-hybridized carbons (Fsp3) is 0.385. The van der Waals surface area contributed by atoms with Gasteiger partial charge in [-0.2, -0.15) is 5.26 Å². The lowest BCUT2D eigenvalue weighted by Gasteiger charge is -2.31. The molecule has 2 rings (SSSR count). The summed E-state index contributed by atoms with van der Waals surface area (Å²) in [4.78, 5) is 12.2. The summed E-state index contributed by atoms with van der Waals surface area (Å²) in [6.07, 6.45) is 0.919. The second kappa shape index (κ2) is 5.57. The van der Waals surface area contributed by atoms with Crippen molar-refractivity contribution < 1.29 is 9.53 Å². The Morgan fingerprint density at radius 1 is 1.47 bits per heavy atom. The SMILES string of the molecule is N#Cc1ccc(Cl)cc1NC(=O)C1(N)CCOCC1. The van der Waals surface area contributed by atoms with Gasteiger partial charge in [-0.25, -0.2) is 0 Å². The normalized spacial score (nSPS) is 17.5. The highest BCUT2D eigenvalue weighted by Crippen LogP contribution is 2.24. The van der Waals surface area contributed by atoms with Crippen molar-refractivity contribution in [2.45, 2.75) is 18.4 Å². The smallest absolute Gasteiger partial charge is 0.244 e. The third kappa shape index (κ3) is 3.04. The third-order valence-corrected chi connectivity index (χ3v) is 3.42. The van der Waals surface area contributed by atoms with E-state index < -0.39 is 5.54 Å². The van der Waals surface area contributed by atoms with E-state index in [1.54, 1.807) is 18.2 Å². The number of nitrogens with zero attached hydrogens (tertiary/aromatic N) is 1. The van der Waals surface area contributed by atoms with Gasteiger partial charge in [-0.1, -0.05) is 11.6 Å². The van der Waals surface area contributed by atoms with Gasteiger partial charge < -0.3 is 15.8 Å². The highest BCUT2D eigenvalue weighted by molar-refractivity contribution is 6.31. The lowest BCUT2D eigenvalue weighted by atomic mass is 9.90. The topological polar surface area (TPSA) is 88.1 Å². The van der Waals surface area contributed by atoms with Gasteiger partial charge in [0.05, 0.1) is 11.3 Å². The maximum Gasteiger partial charge on any atom is 0.244 e. The number of rotatable bonds is 2. The minimum atomic E-state index is -0.951. The van der Waals surface area contributed by atoms with Crippen molar-refractivity contribution in [3.63, 3.8) is 0 Å². The highest BCUT2D eigenvalue weighted by atomic mass is 35.5. The van der Waals surface area contributed by atoms with Gasteiger partial charge in [-0.05, 0) is 31.0 Å². The van der Waals surface area contributed by atoms with Crippen molar-refractivity contribution in [2.24, 2.45) is 5.73 Å². The molecular weight excluding hydrogens is 266 g/mol. The molecule has 5 nitrogen and oxygen atoms in total. The Morgan fingerprint density at radius 2 is 2.16 bits per heavy atom. The molecule has 0 saturated carbocycles. The molecule has 1 aliphatic heterocycles. The first-order valence-corrected chi connectivity index (χ1v) is 6.31. The van der Waals surface area contributed by atoms with Crippen molar-refractivity contribution >= 4 is 23.2 Å². The number of amides is 1. The van der Waals surface area contributed by atoms with Crippen LogP contribution in [0.4, 0.5) is 5.69 Å². The summed E-state index contributed by atoms with van der Waals surface area (Å²) in [6.45, 7) is 0.926. The van der Waals surface area contributed by atoms with E-state index >= 15 is 0 Å². The van der Waals surface area contributed by atoms with Crippen molar-refractivity contribution in [1.29, 1.82) is 5.26 Å². The van der Waals surface area contributed by atoms with Crippen LogP contribution in [0.15, 0.2) is 18.2 Å². The zero-order valence-electron chi connectivity index (χ0n) is 10.3. The summed E-state index contributed by atoms with van der Waals surface area (Å²) in [5.74, 6) is -0.311. The highest BCUT2D eigenvalue weighted by Gasteiger charge is 2.36. The number of anilines is 1. The summed E-state index contributed by atoms with van der Waals surface area (Å²) in [5, 5.41) is 12.1. The molecule has 1 heterocycles. The van der Waals surface area contributed by atoms with Gasteiger partial charge in [0.2, 0.25) is 5.91 Å². The minimum Gasteiger partial charge on any atom is -0.381 e. The van der Waals surface area contributed by atoms with E-state index in [1.807, 2.05) is 6.07 Å². The second-order valence-corrected chi connectivity index (χ2v) is 4.96. The molecule has 0 unspecified atom stereocenters. The maximum absolute atomic E-state index is 12.2. The number of nitriles is 1. The van der Waals surface area contributed by atoms with Crippen molar-refractivity contribution in [3.05, 3.63) is 28.8 Å². The van der Waals surface area contributed by atoms with Crippen LogP contribution < -0.4 is 11.1 Å². The van der Waals surface area contributed by atoms with E-state index in [4.69, 9.17) is 27.3 Å². The molecule has 0 aromatic heterocycles. The van der Waals surface area contributed by atoms with Crippen LogP contribution in [0.2, 0.25) is 5.02 Å². The molecule has 1 aromatic carbocycles. The van der Waals surface area contributed by atoms with Gasteiger partial charge in [0.1, 0.15) is 11.6 Å². The minimum absolute atomic E-state index is 0.311. The van der Waals surface area contributed by atoms with E-state index in [0.29, 0.717) is 42.3 Å². The Morgan fingerprint density at radius 3 is 2.79 bits per heavy atom. The Balaban J connectivity index is 2.19. The average molecular weight is 280 g/mol. The van der Waals surface area contributed by atoms with Crippen molar-refractivity contribution in [2.75, 3.05) is 18.5 Å². The molecule has 0 atom stereocenters. The fourth-order valence-corrected chi connectivity index (χ4v) is 2.10. The molecular formula is C13H14ClN3O2. The van der Waals surface area contributed by atoms with E-state index in [-0.39, 0.29) is 5.91 Å². The Kier molecular flexibility index (Phi) is 4.05. The van der Waals surface area contributed by atoms with Crippen LogP contribution in [0, 0.1) is 11.3 Å². The molecule has 1 aromatic rings. The number of carbonyl (C=O) groups is 1. The predicted octanol–water partition coefficient (Wildman–Crippen LogP) is 1.66. The van der Waals surface area contributed by atoms with Crippen LogP contribution in [-0.2, 0) is 9.53 Å². The second-order valence-electron chi connectivity index (χ2n) is 4.52. The number of nitrogens with two attached hydrogens (primary N) is 1. The molecule has 0 bridgehead atoms. The number of ether oxygens (including phenoxy) is 1. The maximum atomic E-state index is 12.2. The molecule has 19 heavy (non-hydrogen) atoms. The predicted molar refractivity (Wildman–Crippen MR) is 71.8 cm³/mol. The van der Waals surface area contributed by atoms with Gasteiger partial charge in [-0.3, -0.25) is 4.79 Å². The van der Waals surface area contributed by atoms with E-state index in [1.165, 1.54) is 0 Å². The lowest BCUT2D eigenvalue weighted by Crippen LogP contribution is -2.54. The summed E-state index contributed by atoms with van der Waals surface area (Å²) in [6, 6.07) is 6.71. The van der Waals surface area contributed by atoms with Gasteiger partial charge in [0.15, 0.2) is 0 Å². The molecule has 0 radical (unpaired) electrons. The zero-order chi connectivity index (χ0) is 13.9. The largest absolute Gasteiger partial charge is 0.381 e. The van der Waals surface area contributed by atoms with Crippen LogP contribution in [0.5, 0.6) is 0 Å². The van der Waals surface area contributed by atoms with Gasteiger partial charge in [-0.15, -0.1) is 0 Å². The molecule has 6 heteroatoms. The quantitative estimate of drug-likeness (QED) is 0.862. The standard InChI is InChI=1S/C13H14ClN3O2/c14-10-2-1-9(8-15)11(7-10)17-12(18)13(16)3-5-19-6-4-13/h1-2,7H,3-6,16H2,(H,17,18). The van der Waals surface area contributed by atoms with Crippen LogP contribution in [-0.4, -0.2) is 24.7 Å². The molecule has 100 valence electrons. The van der Waals surface area contributed by atoms with Gasteiger partial charge >= 0.3 is 0 Å². The number of halogens is 1. The van der Waals surface area contributed by atoms with Gasteiger partial charge in [0.25, 0.3) is 0 Å². The molecule has 0 spiro atoms. The summed E-state index contributed by atoms with van der Waals surface area (Å²) in [5.41, 5.74) is 5.86. The summed E-state index contributed by atoms with van der Waals surface area (Å²) < 4.78 is 5.20. The van der Waals surface area contributed by atoms with E-state index in [2.05, 4.69) is 5.32 Å². The monoisotopic (exact) mass is 279 g/mol. The Labute approximate surface area is 116 Å². The number of benzene rings is 1. The first kappa shape index (κ1) is 13.8. The van der Waals surface area contributed by atoms with Gasteiger partial charge in [0, 0.05) is 18.2 Å². The molecule has 1 fully saturated rings. The summed E-state index contributed by atoms with van der Waals surface area (Å²) >= 11 is 5.87. The van der Waals surface area contributed by atoms with Crippen LogP contribution in [0.3, 0.4) is 0 Å². The fourth-order valence-electron chi connectivity index (χ4n) is 1.93. The Bertz CT molecular complexity index is 533. The number of hydrogen-bond donors (Lipinski definition) is 2. The van der Waals surface area contributed by atoms with Crippen LogP contribution in [0.25, 0.3) is 0 Å². The molecule has 1 aliphatic rings. The van der Waals surface area contributed by atoms with Crippen molar-refractivity contribution in [1.82, 2.24) is 0 Å². The third-order valence-electron chi connectivity index (χ3n) is 3.19. The number of nitrogens with one attached hydrogen (secondary N) is 1. The first-order chi connectivity index (χ1) is 9.05. The van der Waals surface area contributed by atoms with Crippen LogP contribution >= 0.6 is 11.6 Å². The van der Waals surface area contributed by atoms with E-state index in [9.17, 15) is 4.79 Å². The number of hydrogen-bond acceptors (Lipinski definition) is 4. The van der Waals surface area contributed by atoms with Crippen LogP contribution in [0.1, 0.15) is 18.4 Å². The average Bonchev–Trinajstić information content (AvgIpc) is 2.40. The molecule has 3 N–H and O–H groups in total. The first-order valence-electron chi connectivity index (χ1n) is 5.93. The Hall–Kier alpha value is -1.61. The molecule has 0 aliphatic carbocycles. The number of carbonyl (C=O) groups excluding carboxylic acids is 1. The lowest BCUT2D eigenvalue weighted by molar-refractivity contribution is -0.124. The summed E-state index contributed by atoms with van der Waals surface area (Å²) in [7, 11) is 0. The van der Waals surface area contributed by atoms with E-state index in [0.717, 1.165) is 0 Å². The van der Waals surface area contributed by atoms with Crippen molar-refractivity contribution in [3.8, 4) is 6.07 Å².